The predicted molar refractivity (Wildman–Crippen MR) is 95.1 cm³/mol. The van der Waals surface area contributed by atoms with Crippen molar-refractivity contribution in [2.45, 2.75) is 50.5 Å². The average Bonchev–Trinajstić information content (AvgIpc) is 2.64. The summed E-state index contributed by atoms with van der Waals surface area (Å²) in [5.74, 6) is 0.853. The molecule has 0 saturated heterocycles. The molecule has 1 fully saturated rings. The Labute approximate surface area is 143 Å². The molecule has 2 aliphatic rings. The van der Waals surface area contributed by atoms with Crippen molar-refractivity contribution in [1.82, 2.24) is 4.90 Å². The molecule has 3 atom stereocenters. The third-order valence-corrected chi connectivity index (χ3v) is 5.42. The molecule has 3 heteroatoms. The number of nitrogens with zero attached hydrogens (tertiary/aromatic N) is 1. The number of para-hydroxylation sites is 1. The second kappa shape index (κ2) is 6.96. The maximum Gasteiger partial charge on any atom is 0.126 e. The zero-order valence-corrected chi connectivity index (χ0v) is 14.0. The molecule has 2 aromatic carbocycles. The van der Waals surface area contributed by atoms with Crippen molar-refractivity contribution < 1.29 is 9.84 Å². The van der Waals surface area contributed by atoms with Gasteiger partial charge in [0.15, 0.2) is 0 Å². The van der Waals surface area contributed by atoms with Gasteiger partial charge in [0.2, 0.25) is 0 Å². The molecule has 1 aliphatic heterocycles. The van der Waals surface area contributed by atoms with Gasteiger partial charge in [0.05, 0.1) is 0 Å². The molecule has 126 valence electrons. The first kappa shape index (κ1) is 15.7. The lowest BCUT2D eigenvalue weighted by atomic mass is 9.87. The van der Waals surface area contributed by atoms with Crippen molar-refractivity contribution in [3.63, 3.8) is 0 Å². The first-order valence-electron chi connectivity index (χ1n) is 9.02. The van der Waals surface area contributed by atoms with E-state index < -0.39 is 6.10 Å². The number of fused-ring (bicyclic) bond motifs is 1. The summed E-state index contributed by atoms with van der Waals surface area (Å²) in [7, 11) is 0. The Hall–Kier alpha value is -1.84. The molecule has 1 N–H and O–H groups in total. The van der Waals surface area contributed by atoms with E-state index in [2.05, 4.69) is 29.2 Å². The number of ether oxygens (including phenoxy) is 1. The van der Waals surface area contributed by atoms with Gasteiger partial charge >= 0.3 is 0 Å². The maximum absolute atomic E-state index is 10.9. The normalized spacial score (nSPS) is 27.5. The summed E-state index contributed by atoms with van der Waals surface area (Å²) in [6, 6.07) is 18.7. The first-order chi connectivity index (χ1) is 11.8. The summed E-state index contributed by atoms with van der Waals surface area (Å²) >= 11 is 0. The van der Waals surface area contributed by atoms with E-state index in [1.807, 2.05) is 30.3 Å². The van der Waals surface area contributed by atoms with Gasteiger partial charge < -0.3 is 9.84 Å². The minimum atomic E-state index is -0.427. The summed E-state index contributed by atoms with van der Waals surface area (Å²) in [6.07, 6.45) is 3.63. The minimum Gasteiger partial charge on any atom is -0.488 e. The highest BCUT2D eigenvalue weighted by molar-refractivity contribution is 5.29. The minimum absolute atomic E-state index is 0.108. The molecule has 1 heterocycles. The fourth-order valence-electron chi connectivity index (χ4n) is 4.12. The van der Waals surface area contributed by atoms with Gasteiger partial charge in [-0.3, -0.25) is 4.90 Å². The van der Waals surface area contributed by atoms with E-state index in [1.165, 1.54) is 11.1 Å². The Kier molecular flexibility index (Phi) is 4.54. The Balaban J connectivity index is 1.46. The lowest BCUT2D eigenvalue weighted by molar-refractivity contribution is -0.0571. The van der Waals surface area contributed by atoms with E-state index in [-0.39, 0.29) is 12.1 Å². The van der Waals surface area contributed by atoms with Crippen LogP contribution in [0.4, 0.5) is 0 Å². The lowest BCUT2D eigenvalue weighted by Crippen LogP contribution is -2.53. The first-order valence-corrected chi connectivity index (χ1v) is 9.02. The van der Waals surface area contributed by atoms with Crippen LogP contribution in [0.25, 0.3) is 0 Å². The van der Waals surface area contributed by atoms with Crippen LogP contribution in [-0.2, 0) is 13.0 Å². The van der Waals surface area contributed by atoms with Gasteiger partial charge in [0.25, 0.3) is 0 Å². The van der Waals surface area contributed by atoms with Gasteiger partial charge in [-0.15, -0.1) is 0 Å². The molecule has 0 bridgehead atoms. The fourth-order valence-corrected chi connectivity index (χ4v) is 4.12. The number of hydrogen-bond acceptors (Lipinski definition) is 3. The van der Waals surface area contributed by atoms with Crippen molar-refractivity contribution in [1.29, 1.82) is 0 Å². The van der Waals surface area contributed by atoms with E-state index in [1.54, 1.807) is 0 Å². The third kappa shape index (κ3) is 3.19. The van der Waals surface area contributed by atoms with E-state index in [9.17, 15) is 5.11 Å². The van der Waals surface area contributed by atoms with Crippen molar-refractivity contribution in [3.05, 3.63) is 65.7 Å². The van der Waals surface area contributed by atoms with E-state index in [0.29, 0.717) is 0 Å². The molecular formula is C21H25NO2. The van der Waals surface area contributed by atoms with E-state index in [0.717, 1.165) is 44.5 Å². The molecule has 3 nitrogen and oxygen atoms in total. The summed E-state index contributed by atoms with van der Waals surface area (Å²) in [4.78, 5) is 2.45. The van der Waals surface area contributed by atoms with Gasteiger partial charge in [-0.05, 0) is 48.9 Å². The van der Waals surface area contributed by atoms with Gasteiger partial charge in [-0.2, -0.15) is 0 Å². The van der Waals surface area contributed by atoms with Crippen LogP contribution in [0, 0.1) is 0 Å². The highest BCUT2D eigenvalue weighted by Gasteiger charge is 2.37. The topological polar surface area (TPSA) is 32.7 Å². The van der Waals surface area contributed by atoms with Crippen molar-refractivity contribution in [2.75, 3.05) is 6.54 Å². The molecule has 2 aromatic rings. The Bertz CT molecular complexity index is 673. The zero-order valence-electron chi connectivity index (χ0n) is 14.0. The Morgan fingerprint density at radius 3 is 2.50 bits per heavy atom. The van der Waals surface area contributed by atoms with Gasteiger partial charge in [-0.25, -0.2) is 0 Å². The standard InChI is InChI=1S/C21H25NO2/c23-21-19(22-14-13-16-7-4-5-8-17(16)15-22)11-6-12-20(21)24-18-9-2-1-3-10-18/h1-5,7-10,19-21,23H,6,11-15H2/t19-,20+,21+/m0/s1. The summed E-state index contributed by atoms with van der Waals surface area (Å²) in [6.45, 7) is 1.97. The smallest absolute Gasteiger partial charge is 0.126 e. The van der Waals surface area contributed by atoms with Crippen LogP contribution in [0.5, 0.6) is 5.75 Å². The maximum atomic E-state index is 10.9. The van der Waals surface area contributed by atoms with E-state index >= 15 is 0 Å². The van der Waals surface area contributed by atoms with Crippen LogP contribution in [0.1, 0.15) is 30.4 Å². The van der Waals surface area contributed by atoms with Crippen LogP contribution in [0.2, 0.25) is 0 Å². The van der Waals surface area contributed by atoms with Crippen LogP contribution >= 0.6 is 0 Å². The van der Waals surface area contributed by atoms with Crippen molar-refractivity contribution in [2.24, 2.45) is 0 Å². The molecule has 0 spiro atoms. The average molecular weight is 323 g/mol. The monoisotopic (exact) mass is 323 g/mol. The molecule has 0 amide bonds. The zero-order chi connectivity index (χ0) is 16.4. The number of aliphatic hydroxyl groups excluding tert-OH is 1. The summed E-state index contributed by atoms with van der Waals surface area (Å²) in [5, 5.41) is 10.9. The van der Waals surface area contributed by atoms with Crippen molar-refractivity contribution >= 4 is 0 Å². The van der Waals surface area contributed by atoms with Gasteiger partial charge in [0, 0.05) is 19.1 Å². The van der Waals surface area contributed by atoms with Crippen LogP contribution in [0.15, 0.2) is 54.6 Å². The number of aliphatic hydroxyl groups is 1. The van der Waals surface area contributed by atoms with Crippen LogP contribution < -0.4 is 4.74 Å². The van der Waals surface area contributed by atoms with Gasteiger partial charge in [0.1, 0.15) is 18.0 Å². The number of benzene rings is 2. The molecule has 1 aliphatic carbocycles. The summed E-state index contributed by atoms with van der Waals surface area (Å²) < 4.78 is 6.08. The molecule has 0 unspecified atom stereocenters. The molecule has 24 heavy (non-hydrogen) atoms. The SMILES string of the molecule is O[C@H]1[C@H](Oc2ccccc2)CCC[C@@H]1N1CCc2ccccc2C1. The lowest BCUT2D eigenvalue weighted by Gasteiger charge is -2.43. The van der Waals surface area contributed by atoms with E-state index in [4.69, 9.17) is 4.74 Å². The quantitative estimate of drug-likeness (QED) is 0.939. The molecule has 0 radical (unpaired) electrons. The van der Waals surface area contributed by atoms with Crippen LogP contribution in [-0.4, -0.2) is 34.8 Å². The predicted octanol–water partition coefficient (Wildman–Crippen LogP) is 3.41. The highest BCUT2D eigenvalue weighted by Crippen LogP contribution is 2.30. The Morgan fingerprint density at radius 1 is 0.917 bits per heavy atom. The van der Waals surface area contributed by atoms with Crippen LogP contribution in [0.3, 0.4) is 0 Å². The van der Waals surface area contributed by atoms with Gasteiger partial charge in [-0.1, -0.05) is 42.5 Å². The number of rotatable bonds is 3. The summed E-state index contributed by atoms with van der Waals surface area (Å²) in [5.41, 5.74) is 2.86. The molecule has 0 aromatic heterocycles. The molecular weight excluding hydrogens is 298 g/mol. The largest absolute Gasteiger partial charge is 0.488 e. The fraction of sp³-hybridized carbons (Fsp3) is 0.429. The highest BCUT2D eigenvalue weighted by atomic mass is 16.5. The van der Waals surface area contributed by atoms with Crippen molar-refractivity contribution in [3.8, 4) is 5.75 Å². The number of hydrogen-bond donors (Lipinski definition) is 1. The third-order valence-electron chi connectivity index (χ3n) is 5.42. The second-order valence-electron chi connectivity index (χ2n) is 6.95. The Morgan fingerprint density at radius 2 is 1.67 bits per heavy atom. The molecule has 1 saturated carbocycles. The second-order valence-corrected chi connectivity index (χ2v) is 6.95. The molecule has 4 rings (SSSR count).